The third kappa shape index (κ3) is 5.43. The Bertz CT molecular complexity index is 1320. The Morgan fingerprint density at radius 3 is 2.50 bits per heavy atom. The number of aryl methyl sites for hydroxylation is 3. The van der Waals surface area contributed by atoms with E-state index in [1.807, 2.05) is 38.1 Å². The quantitative estimate of drug-likeness (QED) is 0.366. The number of pyridine rings is 1. The number of nitrogens with one attached hydrogen (secondary N) is 1. The third-order valence-corrected chi connectivity index (χ3v) is 5.73. The predicted molar refractivity (Wildman–Crippen MR) is 129 cm³/mol. The minimum absolute atomic E-state index is 0.231. The summed E-state index contributed by atoms with van der Waals surface area (Å²) in [6, 6.07) is 15.7. The second kappa shape index (κ2) is 10.1. The fourth-order valence-electron chi connectivity index (χ4n) is 3.46. The molecule has 174 valence electrons. The molecule has 0 saturated carbocycles. The molecule has 0 unspecified atom stereocenters. The van der Waals surface area contributed by atoms with Crippen molar-refractivity contribution in [1.29, 1.82) is 0 Å². The highest BCUT2D eigenvalue weighted by atomic mass is 35.5. The second-order valence-corrected chi connectivity index (χ2v) is 8.45. The zero-order chi connectivity index (χ0) is 24.2. The van der Waals surface area contributed by atoms with Gasteiger partial charge >= 0.3 is 0 Å². The summed E-state index contributed by atoms with van der Waals surface area (Å²) in [4.78, 5) is 17.1. The van der Waals surface area contributed by atoms with Crippen LogP contribution in [0.5, 0.6) is 11.6 Å². The van der Waals surface area contributed by atoms with E-state index in [1.165, 1.54) is 16.8 Å². The summed E-state index contributed by atoms with van der Waals surface area (Å²) in [6.07, 6.45) is 1.66. The Morgan fingerprint density at radius 1 is 1.06 bits per heavy atom. The number of hydrogen-bond donors (Lipinski definition) is 1. The van der Waals surface area contributed by atoms with Crippen molar-refractivity contribution in [3.63, 3.8) is 0 Å². The molecular formula is C26H24ClFN4O2. The Labute approximate surface area is 202 Å². The summed E-state index contributed by atoms with van der Waals surface area (Å²) >= 11 is 6.45. The summed E-state index contributed by atoms with van der Waals surface area (Å²) in [7, 11) is 0. The van der Waals surface area contributed by atoms with E-state index >= 15 is 0 Å². The lowest BCUT2D eigenvalue weighted by Gasteiger charge is -2.10. The number of rotatable bonds is 7. The molecule has 0 aliphatic rings. The van der Waals surface area contributed by atoms with Gasteiger partial charge in [-0.1, -0.05) is 41.9 Å². The zero-order valence-electron chi connectivity index (χ0n) is 19.1. The first-order valence-electron chi connectivity index (χ1n) is 10.8. The van der Waals surface area contributed by atoms with Crippen LogP contribution in [0.25, 0.3) is 0 Å². The molecular weight excluding hydrogens is 455 g/mol. The monoisotopic (exact) mass is 478 g/mol. The van der Waals surface area contributed by atoms with Crippen molar-refractivity contribution in [2.75, 3.05) is 0 Å². The molecule has 4 aromatic rings. The average Bonchev–Trinajstić information content (AvgIpc) is 3.09. The highest BCUT2D eigenvalue weighted by Gasteiger charge is 2.20. The topological polar surface area (TPSA) is 69.0 Å². The molecule has 0 fully saturated rings. The maximum Gasteiger partial charge on any atom is 0.256 e. The van der Waals surface area contributed by atoms with E-state index in [4.69, 9.17) is 16.3 Å². The average molecular weight is 479 g/mol. The number of nitrogens with zero attached hydrogens (tertiary/aromatic N) is 3. The van der Waals surface area contributed by atoms with Crippen molar-refractivity contribution in [3.8, 4) is 11.6 Å². The molecule has 4 rings (SSSR count). The van der Waals surface area contributed by atoms with Gasteiger partial charge in [-0.05, 0) is 61.2 Å². The minimum Gasteiger partial charge on any atom is -0.439 e. The molecule has 34 heavy (non-hydrogen) atoms. The molecule has 2 aromatic heterocycles. The van der Waals surface area contributed by atoms with Crippen molar-refractivity contribution in [2.24, 2.45) is 0 Å². The van der Waals surface area contributed by atoms with Gasteiger partial charge in [0, 0.05) is 18.8 Å². The normalized spacial score (nSPS) is 10.9. The SMILES string of the molecule is Cc1ccc(C)c(Oc2ccc(CNC(=O)c3c(C)nn(Cc4ccc(F)cc4)c3Cl)cn2)c1. The van der Waals surface area contributed by atoms with Gasteiger partial charge in [-0.25, -0.2) is 14.1 Å². The van der Waals surface area contributed by atoms with Gasteiger partial charge in [0.1, 0.15) is 16.7 Å². The van der Waals surface area contributed by atoms with Crippen LogP contribution in [0.1, 0.15) is 38.3 Å². The molecule has 0 aliphatic heterocycles. The van der Waals surface area contributed by atoms with Crippen LogP contribution >= 0.6 is 11.6 Å². The lowest BCUT2D eigenvalue weighted by Crippen LogP contribution is -2.23. The molecule has 0 radical (unpaired) electrons. The van der Waals surface area contributed by atoms with Crippen molar-refractivity contribution < 1.29 is 13.9 Å². The molecule has 8 heteroatoms. The van der Waals surface area contributed by atoms with Gasteiger partial charge in [0.2, 0.25) is 5.88 Å². The maximum atomic E-state index is 13.1. The second-order valence-electron chi connectivity index (χ2n) is 8.09. The van der Waals surface area contributed by atoms with E-state index in [1.54, 1.807) is 31.3 Å². The Balaban J connectivity index is 1.39. The van der Waals surface area contributed by atoms with Crippen LogP contribution in [0.15, 0.2) is 60.8 Å². The van der Waals surface area contributed by atoms with Crippen LogP contribution in [-0.2, 0) is 13.1 Å². The molecule has 6 nitrogen and oxygen atoms in total. The lowest BCUT2D eigenvalue weighted by molar-refractivity contribution is 0.0950. The van der Waals surface area contributed by atoms with Crippen LogP contribution in [0.4, 0.5) is 4.39 Å². The molecule has 1 amide bonds. The van der Waals surface area contributed by atoms with E-state index in [0.717, 1.165) is 28.0 Å². The standard InChI is InChI=1S/C26H24ClFN4O2/c1-16-4-5-17(2)22(12-16)34-23-11-8-20(13-29-23)14-30-26(33)24-18(3)31-32(25(24)27)15-19-6-9-21(28)10-7-19/h4-13H,14-15H2,1-3H3,(H,30,33). The fourth-order valence-corrected chi connectivity index (χ4v) is 3.78. The van der Waals surface area contributed by atoms with E-state index in [-0.39, 0.29) is 23.4 Å². The number of aromatic nitrogens is 3. The van der Waals surface area contributed by atoms with Crippen molar-refractivity contribution >= 4 is 17.5 Å². The summed E-state index contributed by atoms with van der Waals surface area (Å²) in [5.41, 5.74) is 4.60. The summed E-state index contributed by atoms with van der Waals surface area (Å²) in [5.74, 6) is 0.593. The number of benzene rings is 2. The molecule has 0 aliphatic carbocycles. The number of ether oxygens (including phenoxy) is 1. The van der Waals surface area contributed by atoms with E-state index < -0.39 is 0 Å². The van der Waals surface area contributed by atoms with E-state index in [9.17, 15) is 9.18 Å². The Hall–Kier alpha value is -3.71. The first-order chi connectivity index (χ1) is 16.3. The van der Waals surface area contributed by atoms with Crippen molar-refractivity contribution in [1.82, 2.24) is 20.1 Å². The molecule has 0 atom stereocenters. The first-order valence-corrected chi connectivity index (χ1v) is 11.1. The third-order valence-electron chi connectivity index (χ3n) is 5.35. The van der Waals surface area contributed by atoms with Crippen molar-refractivity contribution in [2.45, 2.75) is 33.9 Å². The van der Waals surface area contributed by atoms with Gasteiger partial charge < -0.3 is 10.1 Å². The van der Waals surface area contributed by atoms with Gasteiger partial charge in [-0.2, -0.15) is 5.10 Å². The lowest BCUT2D eigenvalue weighted by atomic mass is 10.1. The van der Waals surface area contributed by atoms with Crippen LogP contribution in [0, 0.1) is 26.6 Å². The van der Waals surface area contributed by atoms with Crippen molar-refractivity contribution in [3.05, 3.63) is 105 Å². The van der Waals surface area contributed by atoms with Gasteiger partial charge in [-0.15, -0.1) is 0 Å². The molecule has 0 saturated heterocycles. The van der Waals surface area contributed by atoms with Crippen LogP contribution in [0.2, 0.25) is 5.15 Å². The molecule has 2 heterocycles. The number of halogens is 2. The largest absolute Gasteiger partial charge is 0.439 e. The van der Waals surface area contributed by atoms with Gasteiger partial charge in [-0.3, -0.25) is 4.79 Å². The van der Waals surface area contributed by atoms with Crippen LogP contribution < -0.4 is 10.1 Å². The molecule has 0 bridgehead atoms. The van der Waals surface area contributed by atoms with Gasteiger partial charge in [0.15, 0.2) is 0 Å². The van der Waals surface area contributed by atoms with E-state index in [2.05, 4.69) is 15.4 Å². The first kappa shape index (κ1) is 23.4. The van der Waals surface area contributed by atoms with Crippen LogP contribution in [-0.4, -0.2) is 20.7 Å². The molecule has 2 aromatic carbocycles. The maximum absolute atomic E-state index is 13.1. The fraction of sp³-hybridized carbons (Fsp3) is 0.192. The number of hydrogen-bond acceptors (Lipinski definition) is 4. The number of amides is 1. The Morgan fingerprint density at radius 2 is 1.79 bits per heavy atom. The van der Waals surface area contributed by atoms with Gasteiger partial charge in [0.05, 0.1) is 17.8 Å². The van der Waals surface area contributed by atoms with E-state index in [0.29, 0.717) is 23.7 Å². The molecule has 1 N–H and O–H groups in total. The smallest absolute Gasteiger partial charge is 0.256 e. The Kier molecular flexibility index (Phi) is 6.93. The number of carbonyl (C=O) groups excluding carboxylic acids is 1. The molecule has 0 spiro atoms. The van der Waals surface area contributed by atoms with Gasteiger partial charge in [0.25, 0.3) is 5.91 Å². The highest BCUT2D eigenvalue weighted by molar-refractivity contribution is 6.33. The predicted octanol–water partition coefficient (Wildman–Crippen LogP) is 5.77. The zero-order valence-corrected chi connectivity index (χ0v) is 19.9. The summed E-state index contributed by atoms with van der Waals surface area (Å²) in [5, 5.41) is 7.46. The summed E-state index contributed by atoms with van der Waals surface area (Å²) < 4.78 is 20.6. The highest BCUT2D eigenvalue weighted by Crippen LogP contribution is 2.25. The van der Waals surface area contributed by atoms with Crippen LogP contribution in [0.3, 0.4) is 0 Å². The minimum atomic E-state index is -0.330. The number of carbonyl (C=O) groups is 1. The summed E-state index contributed by atoms with van der Waals surface area (Å²) in [6.45, 7) is 6.32.